The van der Waals surface area contributed by atoms with Gasteiger partial charge in [0, 0.05) is 0 Å². The first-order valence-electron chi connectivity index (χ1n) is 0. The average molecular weight is 221 g/mol. The average Bonchev–Trinajstić information content (AvgIpc) is 0. The van der Waals surface area contributed by atoms with Crippen LogP contribution in [0.5, 0.6) is 0 Å². The van der Waals surface area contributed by atoms with Crippen molar-refractivity contribution in [2.24, 2.45) is 0 Å². The van der Waals surface area contributed by atoms with Crippen LogP contribution < -0.4 is 0 Å². The fourth-order valence-electron chi connectivity index (χ4n) is 0. The Kier molecular flexibility index (Phi) is 76900. The second-order valence-electron chi connectivity index (χ2n) is 0. The van der Waals surface area contributed by atoms with Gasteiger partial charge >= 0.3 is 37.1 Å². The molecule has 0 aliphatic heterocycles. The van der Waals surface area contributed by atoms with Gasteiger partial charge in [-0.25, -0.2) is 0 Å². The molecule has 0 aromatic heterocycles. The van der Waals surface area contributed by atoms with Crippen molar-refractivity contribution >= 4 is 0 Å². The van der Waals surface area contributed by atoms with Gasteiger partial charge in [0.15, 0.2) is 0 Å². The van der Waals surface area contributed by atoms with Crippen LogP contribution in [0.3, 0.4) is 0 Å². The van der Waals surface area contributed by atoms with E-state index in [2.05, 4.69) is 0 Å². The summed E-state index contributed by atoms with van der Waals surface area (Å²) in [4.78, 5) is 0. The van der Waals surface area contributed by atoms with E-state index in [-0.39, 0.29) is 75.4 Å². The van der Waals surface area contributed by atoms with Gasteiger partial charge in [0.2, 0.25) is 0 Å². The minimum atomic E-state index is 0. The molecular weight excluding hydrogens is 214 g/mol. The Morgan fingerprint density at radius 1 is 0.333 bits per heavy atom. The van der Waals surface area contributed by atoms with Gasteiger partial charge in [0.05, 0.1) is 0 Å². The molecule has 1 radical (unpaired) electrons. The summed E-state index contributed by atoms with van der Waals surface area (Å²) in [5.74, 6) is 0. The number of hydrogen-bond donors (Lipinski definition) is 0. The summed E-state index contributed by atoms with van der Waals surface area (Å²) in [6.07, 6.45) is 0. The summed E-state index contributed by atoms with van der Waals surface area (Å²) in [6.45, 7) is 0. The molecule has 0 aromatic carbocycles. The van der Waals surface area contributed by atoms with Crippen molar-refractivity contribution in [1.29, 1.82) is 0 Å². The fourth-order valence-corrected chi connectivity index (χ4v) is 0. The first kappa shape index (κ1) is 989. The van der Waals surface area contributed by atoms with Gasteiger partial charge in [0.25, 0.3) is 0 Å². The van der Waals surface area contributed by atoms with Crippen LogP contribution in [-0.4, -0.2) is 38.3 Å². The zero-order valence-electron chi connectivity index (χ0n) is 4.02. The van der Waals surface area contributed by atoms with Crippen molar-refractivity contribution < 1.29 is 75.4 Å². The van der Waals surface area contributed by atoms with E-state index in [0.717, 1.165) is 0 Å². The van der Waals surface area contributed by atoms with Crippen molar-refractivity contribution in [3.8, 4) is 0 Å². The molecule has 0 heterocycles. The molecule has 0 fully saturated rings. The van der Waals surface area contributed by atoms with Gasteiger partial charge in [-0.3, -0.25) is 0 Å². The Morgan fingerprint density at radius 3 is 0.333 bits per heavy atom. The Hall–Kier alpha value is 0.889. The van der Waals surface area contributed by atoms with Crippen LogP contribution in [0.25, 0.3) is 0 Å². The molecule has 0 unspecified atom stereocenters. The maximum atomic E-state index is 0. The smallest absolute Gasteiger partial charge is 0.870 e. The standard InChI is InChI=1S/7H2O.2V/h7*1H2;;/q;;;;;;;+2;+5/p-7. The van der Waals surface area contributed by atoms with Crippen molar-refractivity contribution in [2.45, 2.75) is 0 Å². The predicted octanol–water partition coefficient (Wildman–Crippen LogP) is -1.24. The Bertz CT molecular complexity index is 6.88. The van der Waals surface area contributed by atoms with Crippen LogP contribution in [0.15, 0.2) is 0 Å². The first-order valence-corrected chi connectivity index (χ1v) is 0. The van der Waals surface area contributed by atoms with Crippen molar-refractivity contribution in [3.05, 3.63) is 0 Å². The van der Waals surface area contributed by atoms with Gasteiger partial charge in [-0.15, -0.1) is 0 Å². The summed E-state index contributed by atoms with van der Waals surface area (Å²) in [6, 6.07) is 0. The van der Waals surface area contributed by atoms with Crippen LogP contribution >= 0.6 is 0 Å². The van der Waals surface area contributed by atoms with E-state index < -0.39 is 0 Å². The molecule has 0 aromatic rings. The van der Waals surface area contributed by atoms with Crippen LogP contribution in [0.4, 0.5) is 0 Å². The normalized spacial score (nSPS) is 0. The molecule has 0 rings (SSSR count). The van der Waals surface area contributed by atoms with E-state index in [1.807, 2.05) is 0 Å². The van der Waals surface area contributed by atoms with Crippen molar-refractivity contribution in [3.63, 3.8) is 0 Å². The maximum Gasteiger partial charge on any atom is 5.00 e. The summed E-state index contributed by atoms with van der Waals surface area (Å²) in [7, 11) is 0. The van der Waals surface area contributed by atoms with Crippen molar-refractivity contribution in [2.75, 3.05) is 0 Å². The molecule has 0 saturated carbocycles. The predicted molar refractivity (Wildman–Crippen MR) is 13.6 cm³/mol. The third kappa shape index (κ3) is 534. The van der Waals surface area contributed by atoms with Crippen LogP contribution in [0, 0.1) is 0 Å². The molecule has 0 bridgehead atoms. The molecule has 0 amide bonds. The van der Waals surface area contributed by atoms with Crippen molar-refractivity contribution in [1.82, 2.24) is 0 Å². The van der Waals surface area contributed by atoms with Gasteiger partial charge in [-0.2, -0.15) is 0 Å². The molecule has 0 atom stereocenters. The quantitative estimate of drug-likeness (QED) is 0.484. The number of hydrogen-bond acceptors (Lipinski definition) is 7. The molecule has 7 N–H and O–H groups in total. The molecule has 0 spiro atoms. The van der Waals surface area contributed by atoms with Gasteiger partial charge in [0.1, 0.15) is 0 Å². The molecule has 0 aliphatic rings. The Morgan fingerprint density at radius 2 is 0.333 bits per heavy atom. The van der Waals surface area contributed by atoms with E-state index in [0.29, 0.717) is 0 Å². The largest absolute Gasteiger partial charge is 5.00 e. The maximum absolute atomic E-state index is 0. The van der Waals surface area contributed by atoms with Crippen LogP contribution in [-0.2, 0) is 37.1 Å². The van der Waals surface area contributed by atoms with E-state index in [1.54, 1.807) is 0 Å². The first-order chi connectivity index (χ1) is 0. The minimum Gasteiger partial charge on any atom is -0.870 e. The molecule has 0 saturated heterocycles. The molecular formula is H7O7V2. The topological polar surface area (TPSA) is 210 Å². The Labute approximate surface area is 75.8 Å². The van der Waals surface area contributed by atoms with E-state index >= 15 is 0 Å². The second kappa shape index (κ2) is 700. The molecule has 0 aliphatic carbocycles. The zero-order chi connectivity index (χ0) is 0. The van der Waals surface area contributed by atoms with Crippen LogP contribution in [0.2, 0.25) is 0 Å². The molecule has 9 heavy (non-hydrogen) atoms. The molecule has 59 valence electrons. The zero-order valence-corrected chi connectivity index (χ0v) is 6.82. The SMILES string of the molecule is [OH-].[OH-].[OH-].[OH-].[OH-].[OH-].[OH-].[V+2].[V+5]. The summed E-state index contributed by atoms with van der Waals surface area (Å²) < 4.78 is 0. The fraction of sp³-hybridized carbons (Fsp3) is 0. The van der Waals surface area contributed by atoms with E-state index in [4.69, 9.17) is 0 Å². The van der Waals surface area contributed by atoms with Gasteiger partial charge < -0.3 is 38.3 Å². The van der Waals surface area contributed by atoms with E-state index in [9.17, 15) is 0 Å². The molecule has 9 heteroatoms. The number of rotatable bonds is 0. The Balaban J connectivity index is 0. The third-order valence-corrected chi connectivity index (χ3v) is 0. The van der Waals surface area contributed by atoms with Gasteiger partial charge in [-0.05, 0) is 0 Å². The summed E-state index contributed by atoms with van der Waals surface area (Å²) in [5, 5.41) is 0. The summed E-state index contributed by atoms with van der Waals surface area (Å²) in [5.41, 5.74) is 0. The molecule has 7 nitrogen and oxygen atoms in total. The minimum absolute atomic E-state index is 0. The summed E-state index contributed by atoms with van der Waals surface area (Å²) >= 11 is 0. The van der Waals surface area contributed by atoms with Gasteiger partial charge in [-0.1, -0.05) is 0 Å². The monoisotopic (exact) mass is 221 g/mol. The second-order valence-corrected chi connectivity index (χ2v) is 0. The van der Waals surface area contributed by atoms with Crippen LogP contribution in [0.1, 0.15) is 0 Å². The van der Waals surface area contributed by atoms with E-state index in [1.165, 1.54) is 0 Å². The third-order valence-electron chi connectivity index (χ3n) is 0.